The minimum absolute atomic E-state index is 0.0217. The van der Waals surface area contributed by atoms with Gasteiger partial charge in [-0.15, -0.1) is 0 Å². The number of amides is 1. The fraction of sp³-hybridized carbons (Fsp3) is 0.556. The molecule has 1 N–H and O–H groups in total. The number of ether oxygens (including phenoxy) is 1. The summed E-state index contributed by atoms with van der Waals surface area (Å²) in [5.74, 6) is -0.420. The van der Waals surface area contributed by atoms with Gasteiger partial charge in [0, 0.05) is 5.92 Å². The molecule has 1 amide bonds. The van der Waals surface area contributed by atoms with Crippen LogP contribution in [-0.2, 0) is 20.9 Å². The van der Waals surface area contributed by atoms with Gasteiger partial charge >= 0.3 is 5.97 Å². The Labute approximate surface area is 133 Å². The van der Waals surface area contributed by atoms with E-state index in [2.05, 4.69) is 5.32 Å². The molecule has 0 aliphatic carbocycles. The van der Waals surface area contributed by atoms with Crippen LogP contribution in [0.5, 0.6) is 0 Å². The fourth-order valence-electron chi connectivity index (χ4n) is 1.90. The zero-order chi connectivity index (χ0) is 16.7. The van der Waals surface area contributed by atoms with Gasteiger partial charge in [0.1, 0.15) is 12.6 Å². The maximum absolute atomic E-state index is 12.2. The highest BCUT2D eigenvalue weighted by molar-refractivity contribution is 5.85. The van der Waals surface area contributed by atoms with E-state index < -0.39 is 6.04 Å². The van der Waals surface area contributed by atoms with Crippen LogP contribution in [0, 0.1) is 17.8 Å². The van der Waals surface area contributed by atoms with Gasteiger partial charge in [0.05, 0.1) is 0 Å². The Bertz CT molecular complexity index is 482. The second kappa shape index (κ2) is 8.57. The highest BCUT2D eigenvalue weighted by atomic mass is 16.5. The summed E-state index contributed by atoms with van der Waals surface area (Å²) >= 11 is 0. The first-order chi connectivity index (χ1) is 10.3. The molecule has 0 radical (unpaired) electrons. The number of rotatable bonds is 7. The normalized spacial score (nSPS) is 13.8. The zero-order valence-electron chi connectivity index (χ0n) is 14.1. The van der Waals surface area contributed by atoms with Crippen molar-refractivity contribution in [2.45, 2.75) is 47.3 Å². The first-order valence-electron chi connectivity index (χ1n) is 7.83. The molecular weight excluding hydrogens is 278 g/mol. The van der Waals surface area contributed by atoms with Crippen LogP contribution < -0.4 is 5.32 Å². The summed E-state index contributed by atoms with van der Waals surface area (Å²) in [5.41, 5.74) is 0.931. The molecule has 0 saturated carbocycles. The summed E-state index contributed by atoms with van der Waals surface area (Å²) in [6.45, 7) is 9.86. The molecule has 1 aromatic carbocycles. The average molecular weight is 305 g/mol. The van der Waals surface area contributed by atoms with Gasteiger partial charge in [0.25, 0.3) is 0 Å². The predicted molar refractivity (Wildman–Crippen MR) is 87.0 cm³/mol. The van der Waals surface area contributed by atoms with Crippen molar-refractivity contribution >= 4 is 11.9 Å². The average Bonchev–Trinajstić information content (AvgIpc) is 2.49. The molecule has 22 heavy (non-hydrogen) atoms. The monoisotopic (exact) mass is 305 g/mol. The van der Waals surface area contributed by atoms with E-state index >= 15 is 0 Å². The van der Waals surface area contributed by atoms with Crippen LogP contribution in [0.3, 0.4) is 0 Å². The molecule has 2 atom stereocenters. The molecule has 122 valence electrons. The van der Waals surface area contributed by atoms with Crippen LogP contribution in [0.25, 0.3) is 0 Å². The lowest BCUT2D eigenvalue weighted by atomic mass is 9.96. The third kappa shape index (κ3) is 5.51. The smallest absolute Gasteiger partial charge is 0.329 e. The summed E-state index contributed by atoms with van der Waals surface area (Å²) in [4.78, 5) is 24.4. The van der Waals surface area contributed by atoms with E-state index in [1.807, 2.05) is 65.0 Å². The molecule has 0 aliphatic rings. The van der Waals surface area contributed by atoms with Crippen molar-refractivity contribution in [3.63, 3.8) is 0 Å². The maximum Gasteiger partial charge on any atom is 0.329 e. The summed E-state index contributed by atoms with van der Waals surface area (Å²) < 4.78 is 5.34. The van der Waals surface area contributed by atoms with E-state index in [1.54, 1.807) is 0 Å². The van der Waals surface area contributed by atoms with E-state index in [4.69, 9.17) is 4.74 Å². The molecule has 0 fully saturated rings. The Hall–Kier alpha value is -1.84. The molecule has 0 bridgehead atoms. The van der Waals surface area contributed by atoms with E-state index in [1.165, 1.54) is 0 Å². The van der Waals surface area contributed by atoms with E-state index in [0.29, 0.717) is 0 Å². The van der Waals surface area contributed by atoms with Crippen LogP contribution in [0.4, 0.5) is 0 Å². The third-order valence-corrected chi connectivity index (χ3v) is 3.86. The number of nitrogens with one attached hydrogen (secondary N) is 1. The Balaban J connectivity index is 2.62. The molecular formula is C18H27NO3. The van der Waals surface area contributed by atoms with Gasteiger partial charge in [-0.3, -0.25) is 4.79 Å². The first kappa shape index (κ1) is 18.2. The number of esters is 1. The number of hydrogen-bond donors (Lipinski definition) is 1. The second-order valence-corrected chi connectivity index (χ2v) is 6.36. The summed E-state index contributed by atoms with van der Waals surface area (Å²) in [7, 11) is 0. The van der Waals surface area contributed by atoms with Gasteiger partial charge in [0.15, 0.2) is 0 Å². The Morgan fingerprint density at radius 3 is 2.09 bits per heavy atom. The quantitative estimate of drug-likeness (QED) is 0.787. The van der Waals surface area contributed by atoms with E-state index in [0.717, 1.165) is 5.56 Å². The van der Waals surface area contributed by atoms with E-state index in [9.17, 15) is 9.59 Å². The summed E-state index contributed by atoms with van der Waals surface area (Å²) in [6.07, 6.45) is 0. The fourth-order valence-corrected chi connectivity index (χ4v) is 1.90. The lowest BCUT2D eigenvalue weighted by Gasteiger charge is -2.24. The minimum Gasteiger partial charge on any atom is -0.459 e. The molecule has 0 aromatic heterocycles. The maximum atomic E-state index is 12.2. The van der Waals surface area contributed by atoms with Crippen molar-refractivity contribution < 1.29 is 14.3 Å². The molecule has 0 unspecified atom stereocenters. The molecule has 0 spiro atoms. The van der Waals surface area contributed by atoms with Gasteiger partial charge in [0.2, 0.25) is 5.91 Å². The van der Waals surface area contributed by atoms with Crippen molar-refractivity contribution in [3.05, 3.63) is 35.9 Å². The van der Waals surface area contributed by atoms with Crippen molar-refractivity contribution in [2.24, 2.45) is 17.8 Å². The first-order valence-corrected chi connectivity index (χ1v) is 7.83. The van der Waals surface area contributed by atoms with Gasteiger partial charge in [-0.1, -0.05) is 65.0 Å². The summed E-state index contributed by atoms with van der Waals surface area (Å²) in [6, 6.07) is 8.89. The topological polar surface area (TPSA) is 55.4 Å². The highest BCUT2D eigenvalue weighted by Crippen LogP contribution is 2.12. The highest BCUT2D eigenvalue weighted by Gasteiger charge is 2.28. The minimum atomic E-state index is -0.614. The standard InChI is InChI=1S/C18H27NO3/c1-12(2)14(5)17(20)19-16(13(3)4)18(21)22-11-15-9-7-6-8-10-15/h6-10,12-14,16H,11H2,1-5H3,(H,19,20)/t14-,16-/m0/s1. The lowest BCUT2D eigenvalue weighted by molar-refractivity contribution is -0.151. The molecule has 0 saturated heterocycles. The second-order valence-electron chi connectivity index (χ2n) is 6.36. The number of benzene rings is 1. The summed E-state index contributed by atoms with van der Waals surface area (Å²) in [5, 5.41) is 2.82. The zero-order valence-corrected chi connectivity index (χ0v) is 14.1. The van der Waals surface area contributed by atoms with E-state index in [-0.39, 0.29) is 36.2 Å². The van der Waals surface area contributed by atoms with Crippen LogP contribution >= 0.6 is 0 Å². The van der Waals surface area contributed by atoms with Crippen molar-refractivity contribution in [3.8, 4) is 0 Å². The number of carbonyl (C=O) groups excluding carboxylic acids is 2. The molecule has 1 rings (SSSR count). The van der Waals surface area contributed by atoms with Crippen LogP contribution in [0.15, 0.2) is 30.3 Å². The predicted octanol–water partition coefficient (Wildman–Crippen LogP) is 3.16. The Kier molecular flexibility index (Phi) is 7.09. The number of hydrogen-bond acceptors (Lipinski definition) is 3. The Morgan fingerprint density at radius 1 is 1.00 bits per heavy atom. The van der Waals surface area contributed by atoms with Crippen LogP contribution in [-0.4, -0.2) is 17.9 Å². The van der Waals surface area contributed by atoms with Crippen LogP contribution in [0.2, 0.25) is 0 Å². The van der Waals surface area contributed by atoms with Gasteiger partial charge < -0.3 is 10.1 Å². The van der Waals surface area contributed by atoms with Crippen molar-refractivity contribution in [1.29, 1.82) is 0 Å². The third-order valence-electron chi connectivity index (χ3n) is 3.86. The van der Waals surface area contributed by atoms with Gasteiger partial charge in [-0.05, 0) is 17.4 Å². The molecule has 0 heterocycles. The van der Waals surface area contributed by atoms with Crippen molar-refractivity contribution in [1.82, 2.24) is 5.32 Å². The SMILES string of the molecule is CC(C)[C@H](C)C(=O)N[C@H](C(=O)OCc1ccccc1)C(C)C. The molecule has 0 aliphatic heterocycles. The molecule has 1 aromatic rings. The largest absolute Gasteiger partial charge is 0.459 e. The number of carbonyl (C=O) groups is 2. The lowest BCUT2D eigenvalue weighted by Crippen LogP contribution is -2.47. The van der Waals surface area contributed by atoms with Crippen molar-refractivity contribution in [2.75, 3.05) is 0 Å². The van der Waals surface area contributed by atoms with Gasteiger partial charge in [-0.25, -0.2) is 4.79 Å². The Morgan fingerprint density at radius 2 is 1.59 bits per heavy atom. The van der Waals surface area contributed by atoms with Gasteiger partial charge in [-0.2, -0.15) is 0 Å². The van der Waals surface area contributed by atoms with Crippen LogP contribution in [0.1, 0.15) is 40.2 Å². The molecule has 4 heteroatoms. The molecule has 4 nitrogen and oxygen atoms in total.